The summed E-state index contributed by atoms with van der Waals surface area (Å²) in [4.78, 5) is 2.72. The molecule has 0 amide bonds. The van der Waals surface area contributed by atoms with Gasteiger partial charge in [-0.25, -0.2) is 0 Å². The van der Waals surface area contributed by atoms with E-state index in [1.54, 1.807) is 5.56 Å². The third-order valence-electron chi connectivity index (χ3n) is 5.67. The molecule has 2 N–H and O–H groups in total. The lowest BCUT2D eigenvalue weighted by molar-refractivity contribution is 0.152. The van der Waals surface area contributed by atoms with Crippen LogP contribution in [-0.4, -0.2) is 31.1 Å². The largest absolute Gasteiger partial charge is 0.330 e. The molecular weight excluding hydrogens is 256 g/mol. The van der Waals surface area contributed by atoms with Crippen molar-refractivity contribution < 1.29 is 0 Å². The molecule has 2 nitrogen and oxygen atoms in total. The number of rotatable bonds is 4. The molecule has 2 heteroatoms. The summed E-state index contributed by atoms with van der Waals surface area (Å²) in [6.07, 6.45) is 8.20. The summed E-state index contributed by atoms with van der Waals surface area (Å²) in [5, 5.41) is 0. The molecule has 0 unspecified atom stereocenters. The van der Waals surface area contributed by atoms with E-state index in [0.717, 1.165) is 24.3 Å². The third kappa shape index (κ3) is 4.08. The van der Waals surface area contributed by atoms with Crippen molar-refractivity contribution in [2.45, 2.75) is 44.4 Å². The van der Waals surface area contributed by atoms with Crippen LogP contribution in [0.2, 0.25) is 0 Å². The smallest absolute Gasteiger partial charge is 0.000967 e. The molecule has 1 heterocycles. The Morgan fingerprint density at radius 2 is 1.48 bits per heavy atom. The van der Waals surface area contributed by atoms with Crippen LogP contribution in [0.15, 0.2) is 30.3 Å². The van der Waals surface area contributed by atoms with Gasteiger partial charge >= 0.3 is 0 Å². The number of nitrogens with zero attached hydrogens (tertiary/aromatic N) is 1. The van der Waals surface area contributed by atoms with Gasteiger partial charge in [-0.1, -0.05) is 30.3 Å². The average Bonchev–Trinajstić information content (AvgIpc) is 2.57. The quantitative estimate of drug-likeness (QED) is 0.916. The van der Waals surface area contributed by atoms with Gasteiger partial charge in [-0.05, 0) is 81.5 Å². The van der Waals surface area contributed by atoms with Crippen LogP contribution in [0.1, 0.15) is 50.0 Å². The number of benzene rings is 1. The molecule has 2 fully saturated rings. The predicted octanol–water partition coefficient (Wildman–Crippen LogP) is 3.63. The maximum Gasteiger partial charge on any atom is 0.000967 e. The molecule has 1 aromatic carbocycles. The molecule has 1 aliphatic heterocycles. The Hall–Kier alpha value is -0.860. The van der Waals surface area contributed by atoms with Gasteiger partial charge in [0, 0.05) is 6.54 Å². The monoisotopic (exact) mass is 286 g/mol. The molecule has 0 spiro atoms. The number of hydrogen-bond acceptors (Lipinski definition) is 2. The Morgan fingerprint density at radius 1 is 0.857 bits per heavy atom. The highest BCUT2D eigenvalue weighted by Gasteiger charge is 2.25. The van der Waals surface area contributed by atoms with Crippen molar-refractivity contribution >= 4 is 0 Å². The zero-order valence-electron chi connectivity index (χ0n) is 13.2. The molecule has 3 rings (SSSR count). The van der Waals surface area contributed by atoms with Crippen LogP contribution >= 0.6 is 0 Å². The fraction of sp³-hybridized carbons (Fsp3) is 0.684. The highest BCUT2D eigenvalue weighted by atomic mass is 15.1. The molecule has 2 aliphatic rings. The van der Waals surface area contributed by atoms with Gasteiger partial charge in [-0.3, -0.25) is 0 Å². The van der Waals surface area contributed by atoms with E-state index in [9.17, 15) is 0 Å². The number of hydrogen-bond donors (Lipinski definition) is 1. The van der Waals surface area contributed by atoms with E-state index in [4.69, 9.17) is 5.73 Å². The molecule has 21 heavy (non-hydrogen) atoms. The van der Waals surface area contributed by atoms with E-state index in [-0.39, 0.29) is 0 Å². The SMILES string of the molecule is NCC1CCC(CN2CCC(c3ccccc3)CC2)CC1. The summed E-state index contributed by atoms with van der Waals surface area (Å²) in [6.45, 7) is 4.81. The highest BCUT2D eigenvalue weighted by Crippen LogP contribution is 2.31. The van der Waals surface area contributed by atoms with Gasteiger partial charge in [0.25, 0.3) is 0 Å². The Kier molecular flexibility index (Phi) is 5.32. The Bertz CT molecular complexity index is 401. The normalized spacial score (nSPS) is 28.6. The third-order valence-corrected chi connectivity index (χ3v) is 5.67. The lowest BCUT2D eigenvalue weighted by Gasteiger charge is -2.36. The molecular formula is C19H30N2. The summed E-state index contributed by atoms with van der Waals surface area (Å²) in [5.41, 5.74) is 7.34. The van der Waals surface area contributed by atoms with Crippen molar-refractivity contribution in [2.75, 3.05) is 26.2 Å². The minimum Gasteiger partial charge on any atom is -0.330 e. The van der Waals surface area contributed by atoms with Gasteiger partial charge in [0.05, 0.1) is 0 Å². The van der Waals surface area contributed by atoms with Crippen molar-refractivity contribution in [3.63, 3.8) is 0 Å². The van der Waals surface area contributed by atoms with Crippen LogP contribution in [0.3, 0.4) is 0 Å². The summed E-state index contributed by atoms with van der Waals surface area (Å²) in [7, 11) is 0. The van der Waals surface area contributed by atoms with Crippen LogP contribution in [0, 0.1) is 11.8 Å². The number of likely N-dealkylation sites (tertiary alicyclic amines) is 1. The first kappa shape index (κ1) is 15.1. The minimum absolute atomic E-state index is 0.787. The topological polar surface area (TPSA) is 29.3 Å². The first-order valence-corrected chi connectivity index (χ1v) is 8.82. The van der Waals surface area contributed by atoms with Crippen LogP contribution < -0.4 is 5.73 Å². The Morgan fingerprint density at radius 3 is 2.10 bits per heavy atom. The van der Waals surface area contributed by atoms with E-state index in [2.05, 4.69) is 35.2 Å². The molecule has 0 aromatic heterocycles. The second-order valence-electron chi connectivity index (χ2n) is 7.11. The van der Waals surface area contributed by atoms with Gasteiger partial charge in [-0.15, -0.1) is 0 Å². The van der Waals surface area contributed by atoms with Crippen LogP contribution in [0.4, 0.5) is 0 Å². The summed E-state index contributed by atoms with van der Waals surface area (Å²) < 4.78 is 0. The van der Waals surface area contributed by atoms with E-state index < -0.39 is 0 Å². The van der Waals surface area contributed by atoms with E-state index in [0.29, 0.717) is 0 Å². The van der Waals surface area contributed by atoms with Gasteiger partial charge in [0.15, 0.2) is 0 Å². The van der Waals surface area contributed by atoms with E-state index >= 15 is 0 Å². The van der Waals surface area contributed by atoms with Gasteiger partial charge in [-0.2, -0.15) is 0 Å². The lowest BCUT2D eigenvalue weighted by atomic mass is 9.81. The Balaban J connectivity index is 1.42. The van der Waals surface area contributed by atoms with Crippen molar-refractivity contribution in [2.24, 2.45) is 17.6 Å². The van der Waals surface area contributed by atoms with Crippen molar-refractivity contribution in [3.8, 4) is 0 Å². The van der Waals surface area contributed by atoms with Crippen molar-refractivity contribution in [3.05, 3.63) is 35.9 Å². The number of piperidine rings is 1. The summed E-state index contributed by atoms with van der Waals surface area (Å²) >= 11 is 0. The number of nitrogens with two attached hydrogens (primary N) is 1. The molecule has 0 radical (unpaired) electrons. The summed E-state index contributed by atoms with van der Waals surface area (Å²) in [6, 6.07) is 11.1. The molecule has 1 saturated heterocycles. The first-order chi connectivity index (χ1) is 10.3. The van der Waals surface area contributed by atoms with E-state index in [1.165, 1.54) is 58.2 Å². The summed E-state index contributed by atoms with van der Waals surface area (Å²) in [5.74, 6) is 2.53. The van der Waals surface area contributed by atoms with Crippen LogP contribution in [0.25, 0.3) is 0 Å². The zero-order chi connectivity index (χ0) is 14.5. The van der Waals surface area contributed by atoms with Gasteiger partial charge in [0.2, 0.25) is 0 Å². The van der Waals surface area contributed by atoms with Crippen molar-refractivity contribution in [1.82, 2.24) is 4.90 Å². The lowest BCUT2D eigenvalue weighted by Crippen LogP contribution is -2.37. The molecule has 1 aromatic rings. The minimum atomic E-state index is 0.787. The average molecular weight is 286 g/mol. The van der Waals surface area contributed by atoms with Gasteiger partial charge < -0.3 is 10.6 Å². The fourth-order valence-electron chi connectivity index (χ4n) is 4.19. The Labute approximate surface area is 129 Å². The van der Waals surface area contributed by atoms with Crippen LogP contribution in [-0.2, 0) is 0 Å². The first-order valence-electron chi connectivity index (χ1n) is 8.82. The van der Waals surface area contributed by atoms with Crippen molar-refractivity contribution in [1.29, 1.82) is 0 Å². The standard InChI is InChI=1S/C19H30N2/c20-14-16-6-8-17(9-7-16)15-21-12-10-19(11-13-21)18-4-2-1-3-5-18/h1-5,16-17,19H,6-15,20H2. The van der Waals surface area contributed by atoms with Crippen LogP contribution in [0.5, 0.6) is 0 Å². The predicted molar refractivity (Wildman–Crippen MR) is 89.4 cm³/mol. The molecule has 116 valence electrons. The van der Waals surface area contributed by atoms with E-state index in [1.807, 2.05) is 0 Å². The highest BCUT2D eigenvalue weighted by molar-refractivity contribution is 5.20. The maximum atomic E-state index is 5.79. The second-order valence-corrected chi connectivity index (χ2v) is 7.11. The zero-order valence-corrected chi connectivity index (χ0v) is 13.2. The molecule has 0 bridgehead atoms. The molecule has 1 saturated carbocycles. The fourth-order valence-corrected chi connectivity index (χ4v) is 4.19. The maximum absolute atomic E-state index is 5.79. The van der Waals surface area contributed by atoms with Gasteiger partial charge in [0.1, 0.15) is 0 Å². The molecule has 1 aliphatic carbocycles. The second kappa shape index (κ2) is 7.42. The molecule has 0 atom stereocenters.